The molecule has 2 rings (SSSR count). The maximum absolute atomic E-state index is 2.29. The first-order valence-corrected chi connectivity index (χ1v) is 6.38. The van der Waals surface area contributed by atoms with Gasteiger partial charge in [0.05, 0.1) is 0 Å². The van der Waals surface area contributed by atoms with Crippen molar-refractivity contribution in [3.05, 3.63) is 64.7 Å². The molecule has 0 N–H and O–H groups in total. The van der Waals surface area contributed by atoms with Crippen LogP contribution in [0.4, 0.5) is 5.69 Å². The molecule has 18 heavy (non-hydrogen) atoms. The molecule has 94 valence electrons. The summed E-state index contributed by atoms with van der Waals surface area (Å²) in [4.78, 5) is 2.16. The van der Waals surface area contributed by atoms with Crippen molar-refractivity contribution < 1.29 is 0 Å². The summed E-state index contributed by atoms with van der Waals surface area (Å²) in [5.41, 5.74) is 6.72. The minimum Gasteiger partial charge on any atom is -0.377 e. The molecule has 2 aromatic carbocycles. The van der Waals surface area contributed by atoms with Crippen LogP contribution in [-0.2, 0) is 6.42 Å². The number of rotatable bonds is 3. The molecule has 1 nitrogen and oxygen atoms in total. The third kappa shape index (κ3) is 2.92. The fourth-order valence-corrected chi connectivity index (χ4v) is 2.39. The third-order valence-corrected chi connectivity index (χ3v) is 3.23. The number of hydrogen-bond donors (Lipinski definition) is 0. The van der Waals surface area contributed by atoms with Gasteiger partial charge in [0.1, 0.15) is 0 Å². The highest BCUT2D eigenvalue weighted by Crippen LogP contribution is 2.21. The lowest BCUT2D eigenvalue weighted by Gasteiger charge is -2.16. The SMILES string of the molecule is Cc1cccc(Cc2ccc(N(C)C)c(C)c2)c1. The molecule has 0 aliphatic carbocycles. The molecule has 0 aromatic heterocycles. The average molecular weight is 239 g/mol. The zero-order valence-electron chi connectivity index (χ0n) is 11.7. The lowest BCUT2D eigenvalue weighted by atomic mass is 10.0. The summed E-state index contributed by atoms with van der Waals surface area (Å²) in [6.07, 6.45) is 1.01. The van der Waals surface area contributed by atoms with Crippen molar-refractivity contribution in [2.24, 2.45) is 0 Å². The molecular weight excluding hydrogens is 218 g/mol. The lowest BCUT2D eigenvalue weighted by molar-refractivity contribution is 1.10. The van der Waals surface area contributed by atoms with Crippen molar-refractivity contribution >= 4 is 5.69 Å². The van der Waals surface area contributed by atoms with Gasteiger partial charge in [-0.05, 0) is 43.0 Å². The maximum Gasteiger partial charge on any atom is 0.0390 e. The number of anilines is 1. The van der Waals surface area contributed by atoms with E-state index in [4.69, 9.17) is 0 Å². The van der Waals surface area contributed by atoms with E-state index in [1.165, 1.54) is 27.9 Å². The van der Waals surface area contributed by atoms with Gasteiger partial charge >= 0.3 is 0 Å². The Hall–Kier alpha value is -1.76. The zero-order valence-corrected chi connectivity index (χ0v) is 11.7. The Morgan fingerprint density at radius 2 is 1.61 bits per heavy atom. The van der Waals surface area contributed by atoms with E-state index in [0.29, 0.717) is 0 Å². The van der Waals surface area contributed by atoms with Crippen molar-refractivity contribution in [1.29, 1.82) is 0 Å². The van der Waals surface area contributed by atoms with Crippen LogP contribution in [0, 0.1) is 13.8 Å². The molecule has 0 radical (unpaired) electrons. The summed E-state index contributed by atoms with van der Waals surface area (Å²) in [6, 6.07) is 15.5. The van der Waals surface area contributed by atoms with Crippen molar-refractivity contribution in [2.45, 2.75) is 20.3 Å². The fraction of sp³-hybridized carbons (Fsp3) is 0.294. The van der Waals surface area contributed by atoms with Gasteiger partial charge in [-0.3, -0.25) is 0 Å². The number of aryl methyl sites for hydroxylation is 2. The summed E-state index contributed by atoms with van der Waals surface area (Å²) in [7, 11) is 4.17. The van der Waals surface area contributed by atoms with E-state index in [1.54, 1.807) is 0 Å². The zero-order chi connectivity index (χ0) is 13.1. The maximum atomic E-state index is 2.29. The van der Waals surface area contributed by atoms with Crippen molar-refractivity contribution in [1.82, 2.24) is 0 Å². The molecule has 0 atom stereocenters. The summed E-state index contributed by atoms with van der Waals surface area (Å²) < 4.78 is 0. The minimum atomic E-state index is 1.01. The molecule has 1 heteroatoms. The van der Waals surface area contributed by atoms with Crippen LogP contribution < -0.4 is 4.90 Å². The van der Waals surface area contributed by atoms with Gasteiger partial charge in [-0.15, -0.1) is 0 Å². The van der Waals surface area contributed by atoms with E-state index in [9.17, 15) is 0 Å². The molecule has 0 saturated heterocycles. The summed E-state index contributed by atoms with van der Waals surface area (Å²) in [5, 5.41) is 0. The Kier molecular flexibility index (Phi) is 3.71. The van der Waals surface area contributed by atoms with Gasteiger partial charge in [-0.25, -0.2) is 0 Å². The quantitative estimate of drug-likeness (QED) is 0.783. The second-order valence-electron chi connectivity index (χ2n) is 5.18. The van der Waals surface area contributed by atoms with Crippen molar-refractivity contribution in [2.75, 3.05) is 19.0 Å². The summed E-state index contributed by atoms with van der Waals surface area (Å²) >= 11 is 0. The average Bonchev–Trinajstić information content (AvgIpc) is 2.28. The molecule has 2 aromatic rings. The van der Waals surface area contributed by atoms with Gasteiger partial charge < -0.3 is 4.90 Å². The van der Waals surface area contributed by atoms with Crippen LogP contribution in [0.15, 0.2) is 42.5 Å². The van der Waals surface area contributed by atoms with Gasteiger partial charge in [0, 0.05) is 19.8 Å². The fourth-order valence-electron chi connectivity index (χ4n) is 2.39. The second kappa shape index (κ2) is 5.26. The second-order valence-corrected chi connectivity index (χ2v) is 5.18. The van der Waals surface area contributed by atoms with Crippen molar-refractivity contribution in [3.8, 4) is 0 Å². The summed E-state index contributed by atoms with van der Waals surface area (Å²) in [6.45, 7) is 4.32. The van der Waals surface area contributed by atoms with Crippen LogP contribution in [0.3, 0.4) is 0 Å². The van der Waals surface area contributed by atoms with E-state index < -0.39 is 0 Å². The van der Waals surface area contributed by atoms with E-state index >= 15 is 0 Å². The standard InChI is InChI=1S/C17H21N/c1-13-6-5-7-15(10-13)12-16-8-9-17(18(3)4)14(2)11-16/h5-11H,12H2,1-4H3. The van der Waals surface area contributed by atoms with Gasteiger partial charge in [-0.2, -0.15) is 0 Å². The third-order valence-electron chi connectivity index (χ3n) is 3.23. The molecule has 0 amide bonds. The molecule has 0 fully saturated rings. The van der Waals surface area contributed by atoms with Gasteiger partial charge in [0.2, 0.25) is 0 Å². The first-order chi connectivity index (χ1) is 8.56. The van der Waals surface area contributed by atoms with Crippen LogP contribution in [0.1, 0.15) is 22.3 Å². The van der Waals surface area contributed by atoms with E-state index in [-0.39, 0.29) is 0 Å². The van der Waals surface area contributed by atoms with Crippen LogP contribution >= 0.6 is 0 Å². The van der Waals surface area contributed by atoms with Crippen LogP contribution in [0.5, 0.6) is 0 Å². The first kappa shape index (κ1) is 12.7. The Labute approximate surface area is 110 Å². The molecular formula is C17H21N. The topological polar surface area (TPSA) is 3.24 Å². The molecule has 0 aliphatic rings. The largest absolute Gasteiger partial charge is 0.377 e. The summed E-state index contributed by atoms with van der Waals surface area (Å²) in [5.74, 6) is 0. The normalized spacial score (nSPS) is 10.4. The molecule has 0 heterocycles. The van der Waals surface area contributed by atoms with Gasteiger partial charge in [0.15, 0.2) is 0 Å². The van der Waals surface area contributed by atoms with E-state index in [0.717, 1.165) is 6.42 Å². The van der Waals surface area contributed by atoms with Crippen LogP contribution in [-0.4, -0.2) is 14.1 Å². The Bertz CT molecular complexity index is 541. The first-order valence-electron chi connectivity index (χ1n) is 6.38. The predicted molar refractivity (Wildman–Crippen MR) is 79.5 cm³/mol. The molecule has 0 aliphatic heterocycles. The van der Waals surface area contributed by atoms with Crippen LogP contribution in [0.2, 0.25) is 0 Å². The van der Waals surface area contributed by atoms with Crippen molar-refractivity contribution in [3.63, 3.8) is 0 Å². The highest BCUT2D eigenvalue weighted by Gasteiger charge is 2.03. The lowest BCUT2D eigenvalue weighted by Crippen LogP contribution is -2.10. The van der Waals surface area contributed by atoms with Crippen LogP contribution in [0.25, 0.3) is 0 Å². The monoisotopic (exact) mass is 239 g/mol. The molecule has 0 spiro atoms. The smallest absolute Gasteiger partial charge is 0.0390 e. The highest BCUT2D eigenvalue weighted by molar-refractivity contribution is 5.53. The Balaban J connectivity index is 2.23. The minimum absolute atomic E-state index is 1.01. The van der Waals surface area contributed by atoms with Gasteiger partial charge in [0.25, 0.3) is 0 Å². The number of hydrogen-bond acceptors (Lipinski definition) is 1. The Morgan fingerprint density at radius 3 is 2.22 bits per heavy atom. The number of nitrogens with zero attached hydrogens (tertiary/aromatic N) is 1. The molecule has 0 bridgehead atoms. The highest BCUT2D eigenvalue weighted by atomic mass is 15.1. The van der Waals surface area contributed by atoms with E-state index in [1.807, 2.05) is 0 Å². The Morgan fingerprint density at radius 1 is 0.889 bits per heavy atom. The molecule has 0 unspecified atom stereocenters. The van der Waals surface area contributed by atoms with Gasteiger partial charge in [-0.1, -0.05) is 42.0 Å². The molecule has 0 saturated carbocycles. The predicted octanol–water partition coefficient (Wildman–Crippen LogP) is 3.96. The number of benzene rings is 2. The van der Waals surface area contributed by atoms with E-state index in [2.05, 4.69) is 75.3 Å².